The normalized spacial score (nSPS) is 15.3. The van der Waals surface area contributed by atoms with E-state index in [0.717, 1.165) is 0 Å². The van der Waals surface area contributed by atoms with Gasteiger partial charge in [0.2, 0.25) is 0 Å². The molecule has 0 spiro atoms. The van der Waals surface area contributed by atoms with Gasteiger partial charge in [0.05, 0.1) is 25.3 Å². The van der Waals surface area contributed by atoms with E-state index in [1.807, 2.05) is 40.3 Å². The summed E-state index contributed by atoms with van der Waals surface area (Å²) in [6, 6.07) is 0.551. The maximum Gasteiger partial charge on any atom is 0.0658 e. The second-order valence-corrected chi connectivity index (χ2v) is 4.07. The first-order valence-corrected chi connectivity index (χ1v) is 5.18. The molecule has 0 aromatic heterocycles. The van der Waals surface area contributed by atoms with E-state index in [2.05, 4.69) is 23.0 Å². The van der Waals surface area contributed by atoms with Gasteiger partial charge < -0.3 is 14.5 Å². The topological polar surface area (TPSA) is 15.7 Å². The molecule has 0 amide bonds. The van der Waals surface area contributed by atoms with E-state index in [0.29, 0.717) is 13.2 Å². The zero-order valence-corrected chi connectivity index (χ0v) is 10.4. The molecule has 0 N–H and O–H groups in total. The van der Waals surface area contributed by atoms with Gasteiger partial charge >= 0.3 is 0 Å². The summed E-state index contributed by atoms with van der Waals surface area (Å²) >= 11 is 0. The van der Waals surface area contributed by atoms with E-state index in [-0.39, 0.29) is 12.1 Å². The Hall–Kier alpha value is -0.640. The molecule has 0 fully saturated rings. The van der Waals surface area contributed by atoms with E-state index in [9.17, 15) is 0 Å². The highest BCUT2D eigenvalue weighted by molar-refractivity contribution is 4.87. The molecule has 15 heavy (non-hydrogen) atoms. The maximum absolute atomic E-state index is 5.64. The Bertz CT molecular complexity index is 170. The molecular formula is C12H24N2O. The highest BCUT2D eigenvalue weighted by Crippen LogP contribution is 1.99. The lowest BCUT2D eigenvalue weighted by atomic mass is 10.2. The second-order valence-electron chi connectivity index (χ2n) is 4.07. The lowest BCUT2D eigenvalue weighted by molar-refractivity contribution is 0.0680. The van der Waals surface area contributed by atoms with Crippen LogP contribution in [-0.4, -0.2) is 63.3 Å². The van der Waals surface area contributed by atoms with Crippen LogP contribution >= 0.6 is 0 Å². The van der Waals surface area contributed by atoms with Crippen molar-refractivity contribution in [2.45, 2.75) is 12.1 Å². The third-order valence-corrected chi connectivity index (χ3v) is 2.45. The third kappa shape index (κ3) is 5.72. The Morgan fingerprint density at radius 1 is 0.933 bits per heavy atom. The Labute approximate surface area is 94.0 Å². The van der Waals surface area contributed by atoms with Crippen LogP contribution < -0.4 is 0 Å². The van der Waals surface area contributed by atoms with Gasteiger partial charge in [0.1, 0.15) is 0 Å². The lowest BCUT2D eigenvalue weighted by Crippen LogP contribution is -2.34. The Morgan fingerprint density at radius 3 is 1.47 bits per heavy atom. The summed E-state index contributed by atoms with van der Waals surface area (Å²) in [5.41, 5.74) is 0. The smallest absolute Gasteiger partial charge is 0.0658 e. The average molecular weight is 212 g/mol. The molecule has 0 rings (SSSR count). The molecule has 0 bridgehead atoms. The monoisotopic (exact) mass is 212 g/mol. The highest BCUT2D eigenvalue weighted by Gasteiger charge is 2.10. The summed E-state index contributed by atoms with van der Waals surface area (Å²) in [6.07, 6.45) is 3.80. The first-order chi connectivity index (χ1) is 7.02. The zero-order valence-electron chi connectivity index (χ0n) is 10.4. The molecule has 0 saturated carbocycles. The minimum atomic E-state index is 0.276. The van der Waals surface area contributed by atoms with E-state index < -0.39 is 0 Å². The van der Waals surface area contributed by atoms with Crippen LogP contribution in [0.25, 0.3) is 0 Å². The standard InChI is InChI=1S/C12H24N2O/c1-7-11(13(3)4)9-15-10-12(8-2)14(5)6/h7-8,11-12H,1-2,9-10H2,3-6H3. The SMILES string of the molecule is C=CC(COCC(C=C)N(C)C)N(C)C. The number of ether oxygens (including phenoxy) is 1. The average Bonchev–Trinajstić information content (AvgIpc) is 2.17. The number of hydrogen-bond donors (Lipinski definition) is 0. The van der Waals surface area contributed by atoms with E-state index >= 15 is 0 Å². The molecule has 2 unspecified atom stereocenters. The van der Waals surface area contributed by atoms with E-state index in [1.165, 1.54) is 0 Å². The van der Waals surface area contributed by atoms with Crippen molar-refractivity contribution < 1.29 is 4.74 Å². The Morgan fingerprint density at radius 2 is 1.27 bits per heavy atom. The zero-order chi connectivity index (χ0) is 11.8. The van der Waals surface area contributed by atoms with Crippen LogP contribution in [0.3, 0.4) is 0 Å². The van der Waals surface area contributed by atoms with E-state index in [1.54, 1.807) is 0 Å². The van der Waals surface area contributed by atoms with Crippen LogP contribution in [0.2, 0.25) is 0 Å². The van der Waals surface area contributed by atoms with Gasteiger partial charge in [-0.1, -0.05) is 12.2 Å². The van der Waals surface area contributed by atoms with Crippen LogP contribution in [0.5, 0.6) is 0 Å². The fourth-order valence-electron chi connectivity index (χ4n) is 1.17. The van der Waals surface area contributed by atoms with Crippen LogP contribution in [0.1, 0.15) is 0 Å². The quantitative estimate of drug-likeness (QED) is 0.563. The van der Waals surface area contributed by atoms with Crippen molar-refractivity contribution in [2.75, 3.05) is 41.4 Å². The van der Waals surface area contributed by atoms with Gasteiger partial charge in [0, 0.05) is 0 Å². The van der Waals surface area contributed by atoms with Crippen molar-refractivity contribution in [1.29, 1.82) is 0 Å². The predicted octanol–water partition coefficient (Wildman–Crippen LogP) is 1.24. The number of likely N-dealkylation sites (N-methyl/N-ethyl adjacent to an activating group) is 2. The molecular weight excluding hydrogens is 188 g/mol. The summed E-state index contributed by atoms with van der Waals surface area (Å²) in [5, 5.41) is 0. The summed E-state index contributed by atoms with van der Waals surface area (Å²) in [4.78, 5) is 4.18. The number of hydrogen-bond acceptors (Lipinski definition) is 3. The second kappa shape index (κ2) is 7.63. The molecule has 0 aromatic carbocycles. The van der Waals surface area contributed by atoms with Gasteiger partial charge in [0.15, 0.2) is 0 Å². The molecule has 2 atom stereocenters. The molecule has 0 aliphatic carbocycles. The molecule has 0 aliphatic heterocycles. The molecule has 0 heterocycles. The maximum atomic E-state index is 5.64. The molecule has 88 valence electrons. The van der Waals surface area contributed by atoms with Crippen molar-refractivity contribution in [2.24, 2.45) is 0 Å². The van der Waals surface area contributed by atoms with Gasteiger partial charge in [-0.3, -0.25) is 0 Å². The number of nitrogens with zero attached hydrogens (tertiary/aromatic N) is 2. The van der Waals surface area contributed by atoms with Crippen molar-refractivity contribution in [1.82, 2.24) is 9.80 Å². The highest BCUT2D eigenvalue weighted by atomic mass is 16.5. The molecule has 3 heteroatoms. The van der Waals surface area contributed by atoms with Crippen molar-refractivity contribution >= 4 is 0 Å². The molecule has 0 saturated heterocycles. The Kier molecular flexibility index (Phi) is 7.30. The van der Waals surface area contributed by atoms with Crippen molar-refractivity contribution in [3.63, 3.8) is 0 Å². The van der Waals surface area contributed by atoms with Crippen molar-refractivity contribution in [3.05, 3.63) is 25.3 Å². The van der Waals surface area contributed by atoms with Crippen LogP contribution in [0.4, 0.5) is 0 Å². The first kappa shape index (κ1) is 14.4. The van der Waals surface area contributed by atoms with Gasteiger partial charge in [-0.15, -0.1) is 13.2 Å². The first-order valence-electron chi connectivity index (χ1n) is 5.18. The van der Waals surface area contributed by atoms with E-state index in [4.69, 9.17) is 4.74 Å². The van der Waals surface area contributed by atoms with Crippen molar-refractivity contribution in [3.8, 4) is 0 Å². The lowest BCUT2D eigenvalue weighted by Gasteiger charge is -2.24. The minimum Gasteiger partial charge on any atom is -0.378 e. The molecule has 0 aromatic rings. The fourth-order valence-corrected chi connectivity index (χ4v) is 1.17. The summed E-state index contributed by atoms with van der Waals surface area (Å²) < 4.78 is 5.64. The summed E-state index contributed by atoms with van der Waals surface area (Å²) in [6.45, 7) is 8.92. The predicted molar refractivity (Wildman–Crippen MR) is 66.2 cm³/mol. The molecule has 3 nitrogen and oxygen atoms in total. The molecule has 0 aliphatic rings. The van der Waals surface area contributed by atoms with Gasteiger partial charge in [-0.2, -0.15) is 0 Å². The summed E-state index contributed by atoms with van der Waals surface area (Å²) in [5.74, 6) is 0. The largest absolute Gasteiger partial charge is 0.378 e. The Balaban J connectivity index is 3.85. The van der Waals surface area contributed by atoms with Gasteiger partial charge in [-0.25, -0.2) is 0 Å². The third-order valence-electron chi connectivity index (χ3n) is 2.45. The molecule has 0 radical (unpaired) electrons. The summed E-state index contributed by atoms with van der Waals surface area (Å²) in [7, 11) is 8.08. The minimum absolute atomic E-state index is 0.276. The number of rotatable bonds is 8. The van der Waals surface area contributed by atoms with Gasteiger partial charge in [-0.05, 0) is 28.2 Å². The fraction of sp³-hybridized carbons (Fsp3) is 0.667. The van der Waals surface area contributed by atoms with Crippen LogP contribution in [0, 0.1) is 0 Å². The van der Waals surface area contributed by atoms with Crippen LogP contribution in [0.15, 0.2) is 25.3 Å². The van der Waals surface area contributed by atoms with Gasteiger partial charge in [0.25, 0.3) is 0 Å². The van der Waals surface area contributed by atoms with Crippen LogP contribution in [-0.2, 0) is 4.74 Å².